The summed E-state index contributed by atoms with van der Waals surface area (Å²) in [5.74, 6) is 1.71. The number of nitrogens with zero attached hydrogens (tertiary/aromatic N) is 4. The minimum Gasteiger partial charge on any atom is -0.456 e. The Labute approximate surface area is 367 Å². The van der Waals surface area contributed by atoms with Crippen LogP contribution in [-0.4, -0.2) is 19.5 Å². The molecule has 9 aromatic carbocycles. The minimum absolute atomic E-state index is 0.546. The second kappa shape index (κ2) is 14.9. The smallest absolute Gasteiger partial charge is 0.238 e. The molecular formula is C57H38N4OS. The number of aromatic nitrogens is 4. The number of hydrogen-bond donors (Lipinski definition) is 0. The Bertz CT molecular complexity index is 3900. The highest BCUT2D eigenvalue weighted by Gasteiger charge is 2.22. The van der Waals surface area contributed by atoms with E-state index in [0.29, 0.717) is 17.6 Å². The van der Waals surface area contributed by atoms with Gasteiger partial charge in [-0.15, -0.1) is 11.3 Å². The second-order valence-electron chi connectivity index (χ2n) is 15.5. The molecule has 0 fully saturated rings. The quantitative estimate of drug-likeness (QED) is 0.173. The van der Waals surface area contributed by atoms with Gasteiger partial charge in [-0.25, -0.2) is 4.98 Å². The SMILES string of the molecule is CC.c1ccc(-c2nc(-c3ccc4c(c3)oc3ccccc34)nc(-n3c4ccccc4c4cccc(-c5cccc6c(-c7ccc8sc9ccccc9c8c7)cccc56)c43)n2)cc1. The normalized spacial score (nSPS) is 11.7. The van der Waals surface area contributed by atoms with Crippen molar-refractivity contribution in [1.29, 1.82) is 0 Å². The van der Waals surface area contributed by atoms with Crippen molar-refractivity contribution in [3.8, 4) is 51.0 Å². The predicted molar refractivity (Wildman–Crippen MR) is 265 cm³/mol. The van der Waals surface area contributed by atoms with Crippen molar-refractivity contribution in [2.45, 2.75) is 13.8 Å². The summed E-state index contributed by atoms with van der Waals surface area (Å²) >= 11 is 1.85. The van der Waals surface area contributed by atoms with Gasteiger partial charge in [0.05, 0.1) is 11.0 Å². The van der Waals surface area contributed by atoms with E-state index in [4.69, 9.17) is 19.4 Å². The molecule has 0 aliphatic carbocycles. The van der Waals surface area contributed by atoms with Crippen molar-refractivity contribution in [2.75, 3.05) is 0 Å². The number of benzene rings is 9. The van der Waals surface area contributed by atoms with Gasteiger partial charge in [-0.3, -0.25) is 4.57 Å². The number of hydrogen-bond acceptors (Lipinski definition) is 5. The van der Waals surface area contributed by atoms with Crippen molar-refractivity contribution in [3.05, 3.63) is 194 Å². The fourth-order valence-corrected chi connectivity index (χ4v) is 10.4. The van der Waals surface area contributed by atoms with Crippen molar-refractivity contribution in [2.24, 2.45) is 0 Å². The van der Waals surface area contributed by atoms with E-state index in [-0.39, 0.29) is 0 Å². The van der Waals surface area contributed by atoms with Crippen molar-refractivity contribution >= 4 is 86.0 Å². The number of para-hydroxylation sites is 3. The zero-order valence-electron chi connectivity index (χ0n) is 34.6. The van der Waals surface area contributed by atoms with Crippen LogP contribution in [0.1, 0.15) is 13.8 Å². The second-order valence-corrected chi connectivity index (χ2v) is 16.6. The zero-order chi connectivity index (χ0) is 42.0. The van der Waals surface area contributed by atoms with Gasteiger partial charge >= 0.3 is 0 Å². The minimum atomic E-state index is 0.546. The molecule has 0 bridgehead atoms. The van der Waals surface area contributed by atoms with E-state index in [2.05, 4.69) is 156 Å². The molecule has 6 heteroatoms. The van der Waals surface area contributed by atoms with Gasteiger partial charge in [0.1, 0.15) is 11.2 Å². The van der Waals surface area contributed by atoms with Crippen LogP contribution in [0.3, 0.4) is 0 Å². The highest BCUT2D eigenvalue weighted by Crippen LogP contribution is 2.43. The summed E-state index contributed by atoms with van der Waals surface area (Å²) in [7, 11) is 0. The summed E-state index contributed by atoms with van der Waals surface area (Å²) in [6.45, 7) is 4.00. The molecular weight excluding hydrogens is 789 g/mol. The summed E-state index contributed by atoms with van der Waals surface area (Å²) in [5.41, 5.74) is 10.1. The molecule has 0 spiro atoms. The van der Waals surface area contributed by atoms with E-state index >= 15 is 0 Å². The molecule has 4 heterocycles. The Hall–Kier alpha value is -7.93. The Morgan fingerprint density at radius 3 is 1.83 bits per heavy atom. The molecule has 0 N–H and O–H groups in total. The lowest BCUT2D eigenvalue weighted by Gasteiger charge is -2.15. The van der Waals surface area contributed by atoms with Crippen LogP contribution in [0.5, 0.6) is 0 Å². The molecule has 4 aromatic heterocycles. The Morgan fingerprint density at radius 2 is 0.984 bits per heavy atom. The first-order chi connectivity index (χ1) is 31.2. The topological polar surface area (TPSA) is 56.7 Å². The monoisotopic (exact) mass is 826 g/mol. The molecule has 0 atom stereocenters. The van der Waals surface area contributed by atoms with Crippen molar-refractivity contribution in [3.63, 3.8) is 0 Å². The molecule has 0 saturated carbocycles. The van der Waals surface area contributed by atoms with Gasteiger partial charge < -0.3 is 4.42 Å². The number of fused-ring (bicyclic) bond motifs is 10. The van der Waals surface area contributed by atoms with E-state index in [9.17, 15) is 0 Å². The third-order valence-electron chi connectivity index (χ3n) is 12.1. The molecule has 0 unspecified atom stereocenters. The molecule has 13 rings (SSSR count). The summed E-state index contributed by atoms with van der Waals surface area (Å²) in [6.07, 6.45) is 0. The molecule has 0 radical (unpaired) electrons. The largest absolute Gasteiger partial charge is 0.456 e. The Balaban J connectivity index is 0.00000208. The molecule has 5 nitrogen and oxygen atoms in total. The Kier molecular flexibility index (Phi) is 8.73. The predicted octanol–water partition coefficient (Wildman–Crippen LogP) is 16.1. The molecule has 0 saturated heterocycles. The zero-order valence-corrected chi connectivity index (χ0v) is 35.4. The lowest BCUT2D eigenvalue weighted by molar-refractivity contribution is 0.669. The standard InChI is InChI=1S/C55H32N4OS.C2H6/c1-2-13-33(14-3-1)53-56-54(35-27-29-42-41-16-5-8-25-48(41)60-49(42)32-35)58-55(57-53)59-47-24-7-4-15-40(47)45-23-12-22-44(52(45)59)39-21-11-19-37-36(18-10-20-38(37)39)34-28-30-51-46(31-34)43-17-6-9-26-50(43)61-51;1-2/h1-32H;1-2H3. The summed E-state index contributed by atoms with van der Waals surface area (Å²) < 4.78 is 11.2. The molecule has 63 heavy (non-hydrogen) atoms. The van der Waals surface area contributed by atoms with E-state index in [0.717, 1.165) is 66.0 Å². The van der Waals surface area contributed by atoms with Gasteiger partial charge in [-0.05, 0) is 69.9 Å². The van der Waals surface area contributed by atoms with Gasteiger partial charge in [-0.2, -0.15) is 9.97 Å². The summed E-state index contributed by atoms with van der Waals surface area (Å²) in [4.78, 5) is 15.7. The molecule has 0 aliphatic rings. The highest BCUT2D eigenvalue weighted by molar-refractivity contribution is 7.25. The first kappa shape index (κ1) is 36.9. The third-order valence-corrected chi connectivity index (χ3v) is 13.2. The van der Waals surface area contributed by atoms with Crippen molar-refractivity contribution in [1.82, 2.24) is 19.5 Å². The number of rotatable bonds is 5. The van der Waals surface area contributed by atoms with Gasteiger partial charge in [-0.1, -0.05) is 166 Å². The van der Waals surface area contributed by atoms with E-state index in [1.165, 1.54) is 42.1 Å². The maximum atomic E-state index is 6.34. The van der Waals surface area contributed by atoms with Crippen LogP contribution in [0.4, 0.5) is 0 Å². The maximum absolute atomic E-state index is 6.34. The van der Waals surface area contributed by atoms with Crippen LogP contribution >= 0.6 is 11.3 Å². The maximum Gasteiger partial charge on any atom is 0.238 e. The van der Waals surface area contributed by atoms with Crippen LogP contribution in [0.15, 0.2) is 199 Å². The summed E-state index contributed by atoms with van der Waals surface area (Å²) in [6, 6.07) is 68.7. The molecule has 298 valence electrons. The van der Waals surface area contributed by atoms with E-state index in [1.54, 1.807) is 0 Å². The fourth-order valence-electron chi connectivity index (χ4n) is 9.31. The van der Waals surface area contributed by atoms with Crippen LogP contribution < -0.4 is 0 Å². The van der Waals surface area contributed by atoms with E-state index in [1.807, 2.05) is 67.6 Å². The van der Waals surface area contributed by atoms with Crippen LogP contribution in [0.25, 0.3) is 126 Å². The number of thiophene rings is 1. The highest BCUT2D eigenvalue weighted by atomic mass is 32.1. The van der Waals surface area contributed by atoms with E-state index < -0.39 is 0 Å². The number of furan rings is 1. The molecule has 0 amide bonds. The molecule has 0 aliphatic heterocycles. The van der Waals surface area contributed by atoms with Crippen LogP contribution in [0, 0.1) is 0 Å². The lowest BCUT2D eigenvalue weighted by atomic mass is 9.91. The summed E-state index contributed by atoms with van der Waals surface area (Å²) in [5, 5.41) is 9.38. The van der Waals surface area contributed by atoms with Gasteiger partial charge in [0.2, 0.25) is 5.95 Å². The average Bonchev–Trinajstić information content (AvgIpc) is 4.03. The first-order valence-electron chi connectivity index (χ1n) is 21.4. The Morgan fingerprint density at radius 1 is 0.381 bits per heavy atom. The molecule has 13 aromatic rings. The van der Waals surface area contributed by atoms with Gasteiger partial charge in [0.25, 0.3) is 0 Å². The van der Waals surface area contributed by atoms with Gasteiger partial charge in [0, 0.05) is 58.4 Å². The van der Waals surface area contributed by atoms with Gasteiger partial charge in [0.15, 0.2) is 11.6 Å². The lowest BCUT2D eigenvalue weighted by Crippen LogP contribution is -2.07. The van der Waals surface area contributed by atoms with Crippen molar-refractivity contribution < 1.29 is 4.42 Å². The van der Waals surface area contributed by atoms with Crippen LogP contribution in [0.2, 0.25) is 0 Å². The first-order valence-corrected chi connectivity index (χ1v) is 22.2. The third kappa shape index (κ3) is 5.94. The van der Waals surface area contributed by atoms with Crippen LogP contribution in [-0.2, 0) is 0 Å². The fraction of sp³-hybridized carbons (Fsp3) is 0.0351. The average molecular weight is 827 g/mol.